The van der Waals surface area contributed by atoms with Gasteiger partial charge in [0.25, 0.3) is 0 Å². The second-order valence-corrected chi connectivity index (χ2v) is 11.3. The molecule has 4 rings (SSSR count). The van der Waals surface area contributed by atoms with Crippen LogP contribution in [0.1, 0.15) is 42.6 Å². The van der Waals surface area contributed by atoms with Crippen molar-refractivity contribution in [2.45, 2.75) is 51.0 Å². The van der Waals surface area contributed by atoms with Crippen molar-refractivity contribution in [1.82, 2.24) is 14.5 Å². The maximum absolute atomic E-state index is 13.1. The summed E-state index contributed by atoms with van der Waals surface area (Å²) in [5, 5.41) is 2.90. The molecule has 2 aromatic rings. The molecule has 2 amide bonds. The van der Waals surface area contributed by atoms with Gasteiger partial charge in [-0.3, -0.25) is 9.59 Å². The van der Waals surface area contributed by atoms with Crippen molar-refractivity contribution < 1.29 is 22.4 Å². The van der Waals surface area contributed by atoms with Crippen molar-refractivity contribution in [3.05, 3.63) is 53.5 Å². The standard InChI is InChI=1S/C25H33N3O5S/c1-18-5-6-23(16-19(18)2)34(31,32)28-13-9-21(10-14-28)25(30)27-11-7-20(8-12-27)24(29)26-17-22-4-3-15-33-22/h3-6,15-16,20-21H,7-14,17H2,1-2H3,(H,26,29). The van der Waals surface area contributed by atoms with Crippen molar-refractivity contribution >= 4 is 21.8 Å². The van der Waals surface area contributed by atoms with E-state index in [1.54, 1.807) is 24.5 Å². The Morgan fingerprint density at radius 3 is 2.26 bits per heavy atom. The van der Waals surface area contributed by atoms with Gasteiger partial charge < -0.3 is 14.6 Å². The van der Waals surface area contributed by atoms with E-state index in [1.165, 1.54) is 4.31 Å². The Bertz CT molecular complexity index is 1110. The number of aryl methyl sites for hydroxylation is 2. The number of nitrogens with one attached hydrogen (secondary N) is 1. The lowest BCUT2D eigenvalue weighted by molar-refractivity contribution is -0.140. The Balaban J connectivity index is 1.25. The molecule has 0 bridgehead atoms. The normalized spacial score (nSPS) is 18.7. The van der Waals surface area contributed by atoms with Crippen molar-refractivity contribution in [1.29, 1.82) is 0 Å². The van der Waals surface area contributed by atoms with E-state index in [0.717, 1.165) is 11.1 Å². The van der Waals surface area contributed by atoms with Crippen LogP contribution in [0.2, 0.25) is 0 Å². The van der Waals surface area contributed by atoms with Crippen LogP contribution in [-0.2, 0) is 26.2 Å². The maximum Gasteiger partial charge on any atom is 0.243 e. The van der Waals surface area contributed by atoms with Crippen LogP contribution >= 0.6 is 0 Å². The van der Waals surface area contributed by atoms with Crippen LogP contribution in [0.4, 0.5) is 0 Å². The molecular formula is C25H33N3O5S. The summed E-state index contributed by atoms with van der Waals surface area (Å²) in [6.07, 6.45) is 3.89. The molecule has 2 saturated heterocycles. The third-order valence-corrected chi connectivity index (χ3v) is 9.01. The molecule has 0 aliphatic carbocycles. The number of carbonyl (C=O) groups is 2. The molecule has 1 aromatic heterocycles. The molecule has 3 heterocycles. The molecule has 9 heteroatoms. The lowest BCUT2D eigenvalue weighted by Crippen LogP contribution is -2.48. The minimum Gasteiger partial charge on any atom is -0.467 e. The fourth-order valence-corrected chi connectivity index (χ4v) is 6.27. The third kappa shape index (κ3) is 5.36. The molecule has 1 aromatic carbocycles. The molecular weight excluding hydrogens is 454 g/mol. The summed E-state index contributed by atoms with van der Waals surface area (Å²) in [6, 6.07) is 8.81. The number of piperidine rings is 2. The fraction of sp³-hybridized carbons (Fsp3) is 0.520. The number of sulfonamides is 1. The molecule has 0 spiro atoms. The Hall–Kier alpha value is -2.65. The molecule has 8 nitrogen and oxygen atoms in total. The van der Waals surface area contributed by atoms with E-state index >= 15 is 0 Å². The molecule has 2 fully saturated rings. The first kappa shape index (κ1) is 24.5. The number of likely N-dealkylation sites (tertiary alicyclic amines) is 1. The summed E-state index contributed by atoms with van der Waals surface area (Å²) in [5.41, 5.74) is 2.01. The SMILES string of the molecule is Cc1ccc(S(=O)(=O)N2CCC(C(=O)N3CCC(C(=O)NCc4ccco4)CC3)CC2)cc1C. The van der Waals surface area contributed by atoms with Crippen molar-refractivity contribution in [3.63, 3.8) is 0 Å². The van der Waals surface area contributed by atoms with Gasteiger partial charge in [0.2, 0.25) is 21.8 Å². The van der Waals surface area contributed by atoms with E-state index in [9.17, 15) is 18.0 Å². The molecule has 0 unspecified atom stereocenters. The van der Waals surface area contributed by atoms with Gasteiger partial charge in [0.15, 0.2) is 0 Å². The Kier molecular flexibility index (Phi) is 7.42. The quantitative estimate of drug-likeness (QED) is 0.675. The smallest absolute Gasteiger partial charge is 0.243 e. The number of rotatable bonds is 6. The van der Waals surface area contributed by atoms with Crippen LogP contribution in [0.15, 0.2) is 45.9 Å². The Morgan fingerprint density at radius 2 is 1.65 bits per heavy atom. The molecule has 1 N–H and O–H groups in total. The Morgan fingerprint density at radius 1 is 0.971 bits per heavy atom. The number of carbonyl (C=O) groups excluding carboxylic acids is 2. The van der Waals surface area contributed by atoms with E-state index in [0.29, 0.717) is 69.1 Å². The molecule has 2 aliphatic heterocycles. The maximum atomic E-state index is 13.1. The van der Waals surface area contributed by atoms with Gasteiger partial charge >= 0.3 is 0 Å². The summed E-state index contributed by atoms with van der Waals surface area (Å²) in [4.78, 5) is 27.7. The van der Waals surface area contributed by atoms with Crippen LogP contribution in [0.3, 0.4) is 0 Å². The zero-order valence-electron chi connectivity index (χ0n) is 19.8. The summed E-state index contributed by atoms with van der Waals surface area (Å²) < 4.78 is 32.8. The highest BCUT2D eigenvalue weighted by Gasteiger charge is 2.35. The number of hydrogen-bond acceptors (Lipinski definition) is 5. The van der Waals surface area contributed by atoms with Gasteiger partial charge in [0.1, 0.15) is 5.76 Å². The lowest BCUT2D eigenvalue weighted by atomic mass is 9.92. The van der Waals surface area contributed by atoms with E-state index in [1.807, 2.05) is 30.9 Å². The fourth-order valence-electron chi connectivity index (χ4n) is 4.72. The molecule has 0 atom stereocenters. The predicted molar refractivity (Wildman–Crippen MR) is 127 cm³/mol. The minimum atomic E-state index is -3.56. The summed E-state index contributed by atoms with van der Waals surface area (Å²) in [7, 11) is -3.56. The number of nitrogens with zero attached hydrogens (tertiary/aromatic N) is 2. The van der Waals surface area contributed by atoms with Crippen LogP contribution < -0.4 is 5.32 Å². The van der Waals surface area contributed by atoms with Gasteiger partial charge in [0.05, 0.1) is 17.7 Å². The van der Waals surface area contributed by atoms with Crippen molar-refractivity contribution in [2.75, 3.05) is 26.2 Å². The number of furan rings is 1. The second kappa shape index (κ2) is 10.3. The summed E-state index contributed by atoms with van der Waals surface area (Å²) in [5.74, 6) is 0.511. The largest absolute Gasteiger partial charge is 0.467 e. The number of benzene rings is 1. The van der Waals surface area contributed by atoms with Crippen LogP contribution in [-0.4, -0.2) is 55.6 Å². The highest BCUT2D eigenvalue weighted by atomic mass is 32.2. The van der Waals surface area contributed by atoms with Gasteiger partial charge in [-0.05, 0) is 74.9 Å². The van der Waals surface area contributed by atoms with Gasteiger partial charge in [-0.15, -0.1) is 0 Å². The monoisotopic (exact) mass is 487 g/mol. The van der Waals surface area contributed by atoms with Crippen molar-refractivity contribution in [2.24, 2.45) is 11.8 Å². The third-order valence-electron chi connectivity index (χ3n) is 7.11. The van der Waals surface area contributed by atoms with Gasteiger partial charge in [-0.25, -0.2) is 8.42 Å². The topological polar surface area (TPSA) is 99.9 Å². The predicted octanol–water partition coefficient (Wildman–Crippen LogP) is 2.85. The molecule has 0 radical (unpaired) electrons. The van der Waals surface area contributed by atoms with Gasteiger partial charge in [-0.2, -0.15) is 4.31 Å². The van der Waals surface area contributed by atoms with Crippen LogP contribution in [0.5, 0.6) is 0 Å². The number of hydrogen-bond donors (Lipinski definition) is 1. The van der Waals surface area contributed by atoms with E-state index in [4.69, 9.17) is 4.42 Å². The van der Waals surface area contributed by atoms with Crippen LogP contribution in [0.25, 0.3) is 0 Å². The second-order valence-electron chi connectivity index (χ2n) is 9.32. The average molecular weight is 488 g/mol. The highest BCUT2D eigenvalue weighted by Crippen LogP contribution is 2.28. The van der Waals surface area contributed by atoms with E-state index in [-0.39, 0.29) is 23.7 Å². The molecule has 2 aliphatic rings. The van der Waals surface area contributed by atoms with E-state index in [2.05, 4.69) is 5.32 Å². The molecule has 34 heavy (non-hydrogen) atoms. The summed E-state index contributed by atoms with van der Waals surface area (Å²) in [6.45, 7) is 6.03. The van der Waals surface area contributed by atoms with Crippen molar-refractivity contribution in [3.8, 4) is 0 Å². The Labute approximate surface area is 201 Å². The van der Waals surface area contributed by atoms with E-state index < -0.39 is 10.0 Å². The van der Waals surface area contributed by atoms with Gasteiger partial charge in [-0.1, -0.05) is 6.07 Å². The average Bonchev–Trinajstić information content (AvgIpc) is 3.37. The zero-order chi connectivity index (χ0) is 24.3. The first-order valence-electron chi connectivity index (χ1n) is 11.9. The number of amides is 2. The lowest BCUT2D eigenvalue weighted by Gasteiger charge is -2.36. The molecule has 0 saturated carbocycles. The summed E-state index contributed by atoms with van der Waals surface area (Å²) >= 11 is 0. The first-order valence-corrected chi connectivity index (χ1v) is 13.4. The highest BCUT2D eigenvalue weighted by molar-refractivity contribution is 7.89. The van der Waals surface area contributed by atoms with Gasteiger partial charge in [0, 0.05) is 38.0 Å². The first-order chi connectivity index (χ1) is 16.3. The minimum absolute atomic E-state index is 0.00615. The molecule has 184 valence electrons. The van der Waals surface area contributed by atoms with Crippen LogP contribution in [0, 0.1) is 25.7 Å². The zero-order valence-corrected chi connectivity index (χ0v) is 20.6.